The Morgan fingerprint density at radius 3 is 2.64 bits per heavy atom. The molecule has 0 atom stereocenters. The van der Waals surface area contributed by atoms with Crippen molar-refractivity contribution in [3.63, 3.8) is 0 Å². The number of nitrogens with zero attached hydrogens (tertiary/aromatic N) is 1. The van der Waals surface area contributed by atoms with Crippen LogP contribution in [0.4, 0.5) is 0 Å². The van der Waals surface area contributed by atoms with Crippen LogP contribution in [0, 0.1) is 0 Å². The number of likely N-dealkylation sites (tertiary alicyclic amines) is 1. The molecule has 1 aliphatic heterocycles. The molecule has 0 amide bonds. The molecular formula is C12H24N2. The van der Waals surface area contributed by atoms with Gasteiger partial charge in [-0.2, -0.15) is 0 Å². The number of rotatable bonds is 6. The van der Waals surface area contributed by atoms with Gasteiger partial charge in [0.05, 0.1) is 0 Å². The summed E-state index contributed by atoms with van der Waals surface area (Å²) in [5, 5.41) is 3.44. The highest BCUT2D eigenvalue weighted by atomic mass is 15.1. The Kier molecular flexibility index (Phi) is 5.88. The third-order valence-electron chi connectivity index (χ3n) is 2.93. The maximum atomic E-state index is 3.98. The molecule has 1 fully saturated rings. The van der Waals surface area contributed by atoms with Crippen LogP contribution in [0.1, 0.15) is 32.6 Å². The van der Waals surface area contributed by atoms with Gasteiger partial charge in [-0.25, -0.2) is 0 Å². The lowest BCUT2D eigenvalue weighted by Gasteiger charge is -2.26. The highest BCUT2D eigenvalue weighted by Crippen LogP contribution is 2.07. The average molecular weight is 196 g/mol. The smallest absolute Gasteiger partial charge is 0.0162 e. The zero-order valence-electron chi connectivity index (χ0n) is 9.52. The van der Waals surface area contributed by atoms with Crippen LogP contribution in [0.25, 0.3) is 0 Å². The van der Waals surface area contributed by atoms with Gasteiger partial charge in [-0.1, -0.05) is 25.5 Å². The molecule has 2 heteroatoms. The maximum absolute atomic E-state index is 3.98. The summed E-state index contributed by atoms with van der Waals surface area (Å²) in [5.74, 6) is 0. The van der Waals surface area contributed by atoms with Crippen LogP contribution >= 0.6 is 0 Å². The van der Waals surface area contributed by atoms with Gasteiger partial charge in [0.1, 0.15) is 0 Å². The molecule has 0 radical (unpaired) electrons. The van der Waals surface area contributed by atoms with Gasteiger partial charge in [-0.05, 0) is 32.4 Å². The predicted octanol–water partition coefficient (Wildman–Crippen LogP) is 2.03. The quantitative estimate of drug-likeness (QED) is 0.516. The Balaban J connectivity index is 1.94. The normalized spacial score (nSPS) is 18.4. The van der Waals surface area contributed by atoms with Crippen LogP contribution in [0.2, 0.25) is 0 Å². The second-order valence-corrected chi connectivity index (χ2v) is 4.18. The van der Waals surface area contributed by atoms with Crippen LogP contribution in [0.3, 0.4) is 0 Å². The Morgan fingerprint density at radius 2 is 2.00 bits per heavy atom. The van der Waals surface area contributed by atoms with Crippen molar-refractivity contribution in [2.24, 2.45) is 0 Å². The first kappa shape index (κ1) is 11.7. The minimum atomic E-state index is 0.990. The summed E-state index contributed by atoms with van der Waals surface area (Å²) in [6.45, 7) is 12.1. The molecule has 0 spiro atoms. The van der Waals surface area contributed by atoms with Gasteiger partial charge in [-0.3, -0.25) is 0 Å². The minimum Gasteiger partial charge on any atom is -0.312 e. The van der Waals surface area contributed by atoms with Crippen molar-refractivity contribution < 1.29 is 0 Å². The van der Waals surface area contributed by atoms with Crippen LogP contribution in [-0.2, 0) is 0 Å². The standard InChI is InChI=1S/C12H24N2/c1-3-12(2)11-13-7-10-14-8-5-4-6-9-14/h13H,2-11H2,1H3. The zero-order chi connectivity index (χ0) is 10.2. The van der Waals surface area contributed by atoms with E-state index in [1.54, 1.807) is 0 Å². The van der Waals surface area contributed by atoms with E-state index in [1.807, 2.05) is 0 Å². The van der Waals surface area contributed by atoms with Gasteiger partial charge in [0.2, 0.25) is 0 Å². The molecule has 14 heavy (non-hydrogen) atoms. The maximum Gasteiger partial charge on any atom is 0.0162 e. The minimum absolute atomic E-state index is 0.990. The van der Waals surface area contributed by atoms with Gasteiger partial charge in [0.25, 0.3) is 0 Å². The molecule has 0 aliphatic carbocycles. The fourth-order valence-corrected chi connectivity index (χ4v) is 1.81. The fraction of sp³-hybridized carbons (Fsp3) is 0.833. The molecule has 1 rings (SSSR count). The summed E-state index contributed by atoms with van der Waals surface area (Å²) in [7, 11) is 0. The largest absolute Gasteiger partial charge is 0.312 e. The fourth-order valence-electron chi connectivity index (χ4n) is 1.81. The molecule has 0 aromatic rings. The van der Waals surface area contributed by atoms with E-state index < -0.39 is 0 Å². The number of hydrogen-bond acceptors (Lipinski definition) is 2. The molecule has 0 aromatic heterocycles. The van der Waals surface area contributed by atoms with Gasteiger partial charge >= 0.3 is 0 Å². The lowest BCUT2D eigenvalue weighted by atomic mass is 10.1. The van der Waals surface area contributed by atoms with Crippen molar-refractivity contribution in [3.8, 4) is 0 Å². The van der Waals surface area contributed by atoms with E-state index in [0.717, 1.165) is 19.5 Å². The highest BCUT2D eigenvalue weighted by Gasteiger charge is 2.08. The van der Waals surface area contributed by atoms with Crippen LogP contribution in [0.15, 0.2) is 12.2 Å². The van der Waals surface area contributed by atoms with E-state index >= 15 is 0 Å². The first-order valence-corrected chi connectivity index (χ1v) is 5.92. The van der Waals surface area contributed by atoms with Crippen molar-refractivity contribution in [3.05, 3.63) is 12.2 Å². The summed E-state index contributed by atoms with van der Waals surface area (Å²) >= 11 is 0. The molecule has 1 heterocycles. The third-order valence-corrected chi connectivity index (χ3v) is 2.93. The molecule has 0 aromatic carbocycles. The van der Waals surface area contributed by atoms with Crippen molar-refractivity contribution >= 4 is 0 Å². The first-order chi connectivity index (χ1) is 6.83. The lowest BCUT2D eigenvalue weighted by molar-refractivity contribution is 0.230. The Labute approximate surface area is 88.4 Å². The highest BCUT2D eigenvalue weighted by molar-refractivity contribution is 4.94. The molecule has 82 valence electrons. The van der Waals surface area contributed by atoms with E-state index in [9.17, 15) is 0 Å². The summed E-state index contributed by atoms with van der Waals surface area (Å²) < 4.78 is 0. The third kappa shape index (κ3) is 4.77. The van der Waals surface area contributed by atoms with E-state index in [1.165, 1.54) is 44.5 Å². The number of hydrogen-bond donors (Lipinski definition) is 1. The Hall–Kier alpha value is -0.340. The molecule has 1 aliphatic rings. The Bertz CT molecular complexity index is 160. The van der Waals surface area contributed by atoms with E-state index in [0.29, 0.717) is 0 Å². The molecule has 1 N–H and O–H groups in total. The van der Waals surface area contributed by atoms with E-state index in [-0.39, 0.29) is 0 Å². The van der Waals surface area contributed by atoms with Crippen molar-refractivity contribution in [2.75, 3.05) is 32.7 Å². The predicted molar refractivity (Wildman–Crippen MR) is 62.6 cm³/mol. The van der Waals surface area contributed by atoms with Crippen LogP contribution < -0.4 is 5.32 Å². The number of nitrogens with one attached hydrogen (secondary N) is 1. The van der Waals surface area contributed by atoms with Crippen LogP contribution in [-0.4, -0.2) is 37.6 Å². The van der Waals surface area contributed by atoms with Crippen molar-refractivity contribution in [1.29, 1.82) is 0 Å². The summed E-state index contributed by atoms with van der Waals surface area (Å²) in [5.41, 5.74) is 1.31. The molecule has 2 nitrogen and oxygen atoms in total. The van der Waals surface area contributed by atoms with Gasteiger partial charge in [0.15, 0.2) is 0 Å². The molecule has 1 saturated heterocycles. The Morgan fingerprint density at radius 1 is 1.29 bits per heavy atom. The second kappa shape index (κ2) is 7.02. The monoisotopic (exact) mass is 196 g/mol. The van der Waals surface area contributed by atoms with Crippen LogP contribution in [0.5, 0.6) is 0 Å². The zero-order valence-corrected chi connectivity index (χ0v) is 9.52. The second-order valence-electron chi connectivity index (χ2n) is 4.18. The summed E-state index contributed by atoms with van der Waals surface area (Å²) in [6, 6.07) is 0. The molecule has 0 bridgehead atoms. The van der Waals surface area contributed by atoms with Gasteiger partial charge < -0.3 is 10.2 Å². The average Bonchev–Trinajstić information content (AvgIpc) is 2.25. The van der Waals surface area contributed by atoms with Crippen molar-refractivity contribution in [2.45, 2.75) is 32.6 Å². The first-order valence-electron chi connectivity index (χ1n) is 5.92. The van der Waals surface area contributed by atoms with E-state index in [4.69, 9.17) is 0 Å². The van der Waals surface area contributed by atoms with Gasteiger partial charge in [-0.15, -0.1) is 0 Å². The summed E-state index contributed by atoms with van der Waals surface area (Å²) in [4.78, 5) is 2.56. The lowest BCUT2D eigenvalue weighted by Crippen LogP contribution is -2.36. The van der Waals surface area contributed by atoms with E-state index in [2.05, 4.69) is 23.7 Å². The van der Waals surface area contributed by atoms with Crippen molar-refractivity contribution in [1.82, 2.24) is 10.2 Å². The number of piperidine rings is 1. The topological polar surface area (TPSA) is 15.3 Å². The molecular weight excluding hydrogens is 172 g/mol. The summed E-state index contributed by atoms with van der Waals surface area (Å²) in [6.07, 6.45) is 5.30. The van der Waals surface area contributed by atoms with Gasteiger partial charge in [0, 0.05) is 19.6 Å². The molecule has 0 unspecified atom stereocenters. The SMILES string of the molecule is C=C(CC)CNCCN1CCCCC1. The molecule has 0 saturated carbocycles.